The minimum atomic E-state index is -0.391. The Kier molecular flexibility index (Phi) is 5.21. The van der Waals surface area contributed by atoms with Gasteiger partial charge in [0.25, 0.3) is 5.91 Å². The van der Waals surface area contributed by atoms with E-state index in [2.05, 4.69) is 10.5 Å². The average Bonchev–Trinajstić information content (AvgIpc) is 3.55. The van der Waals surface area contributed by atoms with Crippen LogP contribution in [-0.2, 0) is 16.1 Å². The Bertz CT molecular complexity index is 1020. The van der Waals surface area contributed by atoms with E-state index in [4.69, 9.17) is 9.26 Å². The Morgan fingerprint density at radius 1 is 1.06 bits per heavy atom. The van der Waals surface area contributed by atoms with E-state index in [0.29, 0.717) is 17.2 Å². The van der Waals surface area contributed by atoms with Gasteiger partial charge in [-0.15, -0.1) is 0 Å². The molecule has 8 nitrogen and oxygen atoms in total. The number of cyclic esters (lactones) is 1. The molecule has 2 aliphatic heterocycles. The van der Waals surface area contributed by atoms with Gasteiger partial charge in [-0.05, 0) is 43.9 Å². The summed E-state index contributed by atoms with van der Waals surface area (Å²) in [7, 11) is 0. The lowest BCUT2D eigenvalue weighted by Gasteiger charge is -2.32. The zero-order chi connectivity index (χ0) is 21.4. The first-order chi connectivity index (χ1) is 15.1. The first-order valence-corrected chi connectivity index (χ1v) is 11.0. The molecule has 8 heteroatoms. The average molecular weight is 423 g/mol. The number of esters is 1. The minimum Gasteiger partial charge on any atom is -0.457 e. The lowest BCUT2D eigenvalue weighted by atomic mass is 9.92. The number of nitrogens with zero attached hydrogens (tertiary/aromatic N) is 2. The van der Waals surface area contributed by atoms with Gasteiger partial charge in [0, 0.05) is 42.2 Å². The molecule has 1 aromatic carbocycles. The van der Waals surface area contributed by atoms with Gasteiger partial charge in [-0.2, -0.15) is 0 Å². The standard InChI is InChI=1S/C23H25N3O5/c27-21(24-17-5-6-18-16(11-17)13-30-23(18)29)20-12-19(25-31-20)14-7-9-26(10-8-14)22(28)15-3-1-2-4-15/h5-6,11-12,14-15H,1-4,7-10,13H2,(H,24,27). The highest BCUT2D eigenvalue weighted by Crippen LogP contribution is 2.32. The molecule has 2 aromatic rings. The van der Waals surface area contributed by atoms with E-state index in [1.54, 1.807) is 24.3 Å². The van der Waals surface area contributed by atoms with Crippen LogP contribution in [0.5, 0.6) is 0 Å². The van der Waals surface area contributed by atoms with Gasteiger partial charge in [-0.3, -0.25) is 9.59 Å². The molecule has 0 spiro atoms. The monoisotopic (exact) mass is 423 g/mol. The molecule has 162 valence electrons. The van der Waals surface area contributed by atoms with E-state index in [1.165, 1.54) is 0 Å². The summed E-state index contributed by atoms with van der Waals surface area (Å²) in [4.78, 5) is 38.7. The van der Waals surface area contributed by atoms with E-state index < -0.39 is 5.91 Å². The number of aromatic nitrogens is 1. The number of carbonyl (C=O) groups is 3. The smallest absolute Gasteiger partial charge is 0.338 e. The number of piperidine rings is 1. The second kappa shape index (κ2) is 8.17. The highest BCUT2D eigenvalue weighted by molar-refractivity contribution is 6.03. The van der Waals surface area contributed by atoms with Crippen molar-refractivity contribution in [2.45, 2.75) is 51.0 Å². The van der Waals surface area contributed by atoms with Crippen molar-refractivity contribution >= 4 is 23.5 Å². The molecular formula is C23H25N3O5. The zero-order valence-electron chi connectivity index (χ0n) is 17.3. The van der Waals surface area contributed by atoms with Gasteiger partial charge in [0.2, 0.25) is 11.7 Å². The molecule has 0 atom stereocenters. The van der Waals surface area contributed by atoms with E-state index in [1.807, 2.05) is 4.90 Å². The molecule has 2 amide bonds. The Morgan fingerprint density at radius 2 is 1.84 bits per heavy atom. The Labute approximate surface area is 179 Å². The number of amides is 2. The van der Waals surface area contributed by atoms with Crippen molar-refractivity contribution in [2.75, 3.05) is 18.4 Å². The first kappa shape index (κ1) is 19.8. The lowest BCUT2D eigenvalue weighted by molar-refractivity contribution is -0.136. The molecule has 1 saturated heterocycles. The van der Waals surface area contributed by atoms with Crippen LogP contribution in [0.3, 0.4) is 0 Å². The van der Waals surface area contributed by atoms with Crippen LogP contribution in [0.4, 0.5) is 5.69 Å². The SMILES string of the molecule is O=C(Nc1ccc2c(c1)COC2=O)c1cc(C2CCN(C(=O)C3CCCC3)CC2)no1. The second-order valence-corrected chi connectivity index (χ2v) is 8.60. The normalized spacial score (nSPS) is 19.4. The molecular weight excluding hydrogens is 398 g/mol. The highest BCUT2D eigenvalue weighted by atomic mass is 16.5. The van der Waals surface area contributed by atoms with Gasteiger partial charge in [0.1, 0.15) is 6.61 Å². The van der Waals surface area contributed by atoms with E-state index in [9.17, 15) is 14.4 Å². The van der Waals surface area contributed by atoms with Crippen LogP contribution in [-0.4, -0.2) is 40.9 Å². The van der Waals surface area contributed by atoms with Gasteiger partial charge in [-0.1, -0.05) is 18.0 Å². The third kappa shape index (κ3) is 3.94. The molecule has 0 unspecified atom stereocenters. The van der Waals surface area contributed by atoms with Crippen LogP contribution in [0.2, 0.25) is 0 Å². The van der Waals surface area contributed by atoms with Crippen LogP contribution in [0.15, 0.2) is 28.8 Å². The molecule has 31 heavy (non-hydrogen) atoms. The number of carbonyl (C=O) groups excluding carboxylic acids is 3. The van der Waals surface area contributed by atoms with Crippen molar-refractivity contribution in [3.63, 3.8) is 0 Å². The topological polar surface area (TPSA) is 102 Å². The van der Waals surface area contributed by atoms with Crippen LogP contribution in [0.1, 0.15) is 76.6 Å². The highest BCUT2D eigenvalue weighted by Gasteiger charge is 2.31. The number of likely N-dealkylation sites (tertiary alicyclic amines) is 1. The summed E-state index contributed by atoms with van der Waals surface area (Å²) < 4.78 is 10.3. The molecule has 0 radical (unpaired) electrons. The van der Waals surface area contributed by atoms with E-state index in [-0.39, 0.29) is 30.2 Å². The lowest BCUT2D eigenvalue weighted by Crippen LogP contribution is -2.40. The quantitative estimate of drug-likeness (QED) is 0.756. The Balaban J connectivity index is 1.18. The maximum atomic E-state index is 12.6. The van der Waals surface area contributed by atoms with Crippen molar-refractivity contribution in [1.29, 1.82) is 0 Å². The maximum absolute atomic E-state index is 12.6. The summed E-state index contributed by atoms with van der Waals surface area (Å²) in [6, 6.07) is 6.73. The maximum Gasteiger partial charge on any atom is 0.338 e. The summed E-state index contributed by atoms with van der Waals surface area (Å²) in [5.41, 5.74) is 2.60. The molecule has 1 aliphatic carbocycles. The first-order valence-electron chi connectivity index (χ1n) is 11.0. The third-order valence-electron chi connectivity index (χ3n) is 6.62. The minimum absolute atomic E-state index is 0.146. The van der Waals surface area contributed by atoms with Crippen LogP contribution in [0, 0.1) is 5.92 Å². The van der Waals surface area contributed by atoms with Crippen molar-refractivity contribution in [1.82, 2.24) is 10.1 Å². The summed E-state index contributed by atoms with van der Waals surface area (Å²) in [6.45, 7) is 1.67. The number of hydrogen-bond acceptors (Lipinski definition) is 6. The van der Waals surface area contributed by atoms with Crippen molar-refractivity contribution < 1.29 is 23.6 Å². The summed E-state index contributed by atoms with van der Waals surface area (Å²) in [5, 5.41) is 6.89. The zero-order valence-corrected chi connectivity index (χ0v) is 17.3. The molecule has 3 heterocycles. The largest absolute Gasteiger partial charge is 0.457 e. The third-order valence-corrected chi connectivity index (χ3v) is 6.62. The number of hydrogen-bond donors (Lipinski definition) is 1. The molecule has 2 fully saturated rings. The molecule has 0 bridgehead atoms. The van der Waals surface area contributed by atoms with Gasteiger partial charge in [-0.25, -0.2) is 4.79 Å². The number of anilines is 1. The molecule has 1 aromatic heterocycles. The van der Waals surface area contributed by atoms with Gasteiger partial charge in [0.05, 0.1) is 11.3 Å². The number of nitrogens with one attached hydrogen (secondary N) is 1. The van der Waals surface area contributed by atoms with Crippen LogP contribution < -0.4 is 5.32 Å². The summed E-state index contributed by atoms with van der Waals surface area (Å²) in [5.74, 6) is 0.107. The fourth-order valence-electron chi connectivity index (χ4n) is 4.82. The molecule has 1 saturated carbocycles. The van der Waals surface area contributed by atoms with Crippen LogP contribution >= 0.6 is 0 Å². The molecule has 5 rings (SSSR count). The van der Waals surface area contributed by atoms with Gasteiger partial charge >= 0.3 is 5.97 Å². The summed E-state index contributed by atoms with van der Waals surface area (Å²) in [6.07, 6.45) is 6.01. The fraction of sp³-hybridized carbons (Fsp3) is 0.478. The van der Waals surface area contributed by atoms with Crippen LogP contribution in [0.25, 0.3) is 0 Å². The van der Waals surface area contributed by atoms with Crippen molar-refractivity contribution in [3.05, 3.63) is 46.8 Å². The number of benzene rings is 1. The number of fused-ring (bicyclic) bond motifs is 1. The fourth-order valence-corrected chi connectivity index (χ4v) is 4.82. The van der Waals surface area contributed by atoms with Crippen molar-refractivity contribution in [3.8, 4) is 0 Å². The predicted molar refractivity (Wildman–Crippen MR) is 111 cm³/mol. The van der Waals surface area contributed by atoms with E-state index >= 15 is 0 Å². The Morgan fingerprint density at radius 3 is 2.61 bits per heavy atom. The number of rotatable bonds is 4. The Hall–Kier alpha value is -3.16. The van der Waals surface area contributed by atoms with Gasteiger partial charge in [0.15, 0.2) is 0 Å². The summed E-state index contributed by atoms with van der Waals surface area (Å²) >= 11 is 0. The molecule has 1 N–H and O–H groups in total. The van der Waals surface area contributed by atoms with Crippen molar-refractivity contribution in [2.24, 2.45) is 5.92 Å². The van der Waals surface area contributed by atoms with E-state index in [0.717, 1.165) is 62.9 Å². The van der Waals surface area contributed by atoms with Gasteiger partial charge < -0.3 is 19.5 Å². The second-order valence-electron chi connectivity index (χ2n) is 8.60. The molecule has 3 aliphatic rings. The predicted octanol–water partition coefficient (Wildman–Crippen LogP) is 3.49. The number of ether oxygens (including phenoxy) is 1.